The Balaban J connectivity index is 2.24. The van der Waals surface area contributed by atoms with E-state index in [4.69, 9.17) is 11.6 Å². The van der Waals surface area contributed by atoms with Gasteiger partial charge in [-0.25, -0.2) is 0 Å². The van der Waals surface area contributed by atoms with E-state index in [1.165, 1.54) is 18.2 Å². The molecule has 0 bridgehead atoms. The molecule has 0 radical (unpaired) electrons. The standard InChI is InChI=1S/C16H16ClN3O3/c1-3-19(12-6-4-11(2)5-7-12)18-16(21)14-10-13(20(22)23)8-9-15(14)17/h4-10H,3H2,1-2H3,(H,18,21). The molecule has 2 rings (SSSR count). The number of anilines is 1. The molecule has 0 aliphatic carbocycles. The zero-order chi connectivity index (χ0) is 17.0. The largest absolute Gasteiger partial charge is 0.286 e. The quantitative estimate of drug-likeness (QED) is 0.668. The molecule has 0 spiro atoms. The van der Waals surface area contributed by atoms with E-state index in [1.807, 2.05) is 38.1 Å². The fourth-order valence-corrected chi connectivity index (χ4v) is 2.24. The van der Waals surface area contributed by atoms with E-state index in [2.05, 4.69) is 5.43 Å². The van der Waals surface area contributed by atoms with Gasteiger partial charge in [-0.2, -0.15) is 0 Å². The normalized spacial score (nSPS) is 10.2. The first-order chi connectivity index (χ1) is 10.9. The number of aryl methyl sites for hydroxylation is 1. The number of hydrazine groups is 1. The van der Waals surface area contributed by atoms with Gasteiger partial charge in [-0.05, 0) is 32.0 Å². The van der Waals surface area contributed by atoms with Crippen molar-refractivity contribution in [3.8, 4) is 0 Å². The van der Waals surface area contributed by atoms with Crippen LogP contribution in [-0.4, -0.2) is 17.4 Å². The van der Waals surface area contributed by atoms with Gasteiger partial charge < -0.3 is 0 Å². The van der Waals surface area contributed by atoms with Gasteiger partial charge in [-0.15, -0.1) is 0 Å². The van der Waals surface area contributed by atoms with E-state index in [1.54, 1.807) is 5.01 Å². The first-order valence-electron chi connectivity index (χ1n) is 7.01. The summed E-state index contributed by atoms with van der Waals surface area (Å²) in [7, 11) is 0. The molecule has 6 nitrogen and oxygen atoms in total. The van der Waals surface area contributed by atoms with Crippen LogP contribution in [-0.2, 0) is 0 Å². The summed E-state index contributed by atoms with van der Waals surface area (Å²) in [4.78, 5) is 22.7. The van der Waals surface area contributed by atoms with Gasteiger partial charge in [-0.1, -0.05) is 29.3 Å². The average Bonchev–Trinajstić information content (AvgIpc) is 2.53. The van der Waals surface area contributed by atoms with E-state index in [0.717, 1.165) is 11.3 Å². The van der Waals surface area contributed by atoms with Gasteiger partial charge in [0.05, 0.1) is 21.2 Å². The molecule has 0 aliphatic heterocycles. The van der Waals surface area contributed by atoms with Gasteiger partial charge in [0.2, 0.25) is 0 Å². The van der Waals surface area contributed by atoms with Crippen molar-refractivity contribution >= 4 is 28.9 Å². The molecule has 0 aliphatic rings. The summed E-state index contributed by atoms with van der Waals surface area (Å²) in [6, 6.07) is 11.4. The highest BCUT2D eigenvalue weighted by Crippen LogP contribution is 2.22. The van der Waals surface area contributed by atoms with E-state index >= 15 is 0 Å². The fourth-order valence-electron chi connectivity index (χ4n) is 2.03. The molecule has 0 fully saturated rings. The van der Waals surface area contributed by atoms with Crippen molar-refractivity contribution in [2.45, 2.75) is 13.8 Å². The third kappa shape index (κ3) is 3.98. The number of hydrogen-bond acceptors (Lipinski definition) is 4. The van der Waals surface area contributed by atoms with E-state index in [-0.39, 0.29) is 16.3 Å². The highest BCUT2D eigenvalue weighted by molar-refractivity contribution is 6.34. The number of nitro benzene ring substituents is 1. The number of benzene rings is 2. The van der Waals surface area contributed by atoms with Gasteiger partial charge in [-0.3, -0.25) is 25.3 Å². The van der Waals surface area contributed by atoms with Gasteiger partial charge >= 0.3 is 0 Å². The number of carbonyl (C=O) groups excluding carboxylic acids is 1. The van der Waals surface area contributed by atoms with Crippen LogP contribution in [0, 0.1) is 17.0 Å². The van der Waals surface area contributed by atoms with E-state index in [9.17, 15) is 14.9 Å². The average molecular weight is 334 g/mol. The number of amides is 1. The van der Waals surface area contributed by atoms with Crippen molar-refractivity contribution < 1.29 is 9.72 Å². The molecule has 1 amide bonds. The summed E-state index contributed by atoms with van der Waals surface area (Å²) in [5, 5.41) is 12.6. The molecule has 23 heavy (non-hydrogen) atoms. The van der Waals surface area contributed by atoms with Crippen LogP contribution >= 0.6 is 11.6 Å². The molecule has 0 saturated carbocycles. The molecule has 1 N–H and O–H groups in total. The Bertz CT molecular complexity index is 732. The maximum absolute atomic E-state index is 12.4. The first kappa shape index (κ1) is 16.8. The predicted octanol–water partition coefficient (Wildman–Crippen LogP) is 3.73. The van der Waals surface area contributed by atoms with Crippen molar-refractivity contribution in [2.24, 2.45) is 0 Å². The number of carbonyl (C=O) groups is 1. The van der Waals surface area contributed by atoms with Crippen LogP contribution < -0.4 is 10.4 Å². The number of non-ortho nitro benzene ring substituents is 1. The second-order valence-corrected chi connectivity index (χ2v) is 5.35. The summed E-state index contributed by atoms with van der Waals surface area (Å²) in [6.07, 6.45) is 0. The number of halogens is 1. The van der Waals surface area contributed by atoms with Crippen molar-refractivity contribution in [2.75, 3.05) is 11.6 Å². The molecule has 7 heteroatoms. The SMILES string of the molecule is CCN(NC(=O)c1cc([N+](=O)[O-])ccc1Cl)c1ccc(C)cc1. The Kier molecular flexibility index (Phi) is 5.18. The summed E-state index contributed by atoms with van der Waals surface area (Å²) in [5.41, 5.74) is 4.51. The summed E-state index contributed by atoms with van der Waals surface area (Å²) in [5.74, 6) is -0.499. The highest BCUT2D eigenvalue weighted by Gasteiger charge is 2.17. The number of rotatable bonds is 5. The third-order valence-electron chi connectivity index (χ3n) is 3.30. The third-order valence-corrected chi connectivity index (χ3v) is 3.63. The van der Waals surface area contributed by atoms with Crippen LogP contribution in [0.15, 0.2) is 42.5 Å². The molecule has 0 atom stereocenters. The second kappa shape index (κ2) is 7.11. The van der Waals surface area contributed by atoms with Gasteiger partial charge in [0.1, 0.15) is 0 Å². The van der Waals surface area contributed by atoms with Crippen LogP contribution in [0.2, 0.25) is 5.02 Å². The van der Waals surface area contributed by atoms with Crippen LogP contribution in [0.4, 0.5) is 11.4 Å². The van der Waals surface area contributed by atoms with Crippen molar-refractivity contribution in [3.63, 3.8) is 0 Å². The smallest absolute Gasteiger partial charge is 0.271 e. The molecule has 2 aromatic carbocycles. The van der Waals surface area contributed by atoms with E-state index in [0.29, 0.717) is 6.54 Å². The number of nitrogens with zero attached hydrogens (tertiary/aromatic N) is 2. The second-order valence-electron chi connectivity index (χ2n) is 4.94. The molecule has 0 aromatic heterocycles. The summed E-state index contributed by atoms with van der Waals surface area (Å²) in [6.45, 7) is 4.39. The Morgan fingerprint density at radius 1 is 1.26 bits per heavy atom. The highest BCUT2D eigenvalue weighted by atomic mass is 35.5. The van der Waals surface area contributed by atoms with Crippen LogP contribution in [0.5, 0.6) is 0 Å². The number of hydrogen-bond donors (Lipinski definition) is 1. The zero-order valence-corrected chi connectivity index (χ0v) is 13.5. The van der Waals surface area contributed by atoms with Crippen LogP contribution in [0.25, 0.3) is 0 Å². The minimum atomic E-state index is -0.565. The Hall–Kier alpha value is -2.60. The first-order valence-corrected chi connectivity index (χ1v) is 7.39. The van der Waals surface area contributed by atoms with Gasteiger partial charge in [0.15, 0.2) is 0 Å². The molecule has 2 aromatic rings. The lowest BCUT2D eigenvalue weighted by Gasteiger charge is -2.24. The molecule has 0 saturated heterocycles. The van der Waals surface area contributed by atoms with Crippen molar-refractivity contribution in [3.05, 3.63) is 68.7 Å². The van der Waals surface area contributed by atoms with E-state index < -0.39 is 10.8 Å². The van der Waals surface area contributed by atoms with Crippen molar-refractivity contribution in [1.82, 2.24) is 5.43 Å². The predicted molar refractivity (Wildman–Crippen MR) is 89.8 cm³/mol. The molecular formula is C16H16ClN3O3. The Morgan fingerprint density at radius 2 is 1.91 bits per heavy atom. The maximum Gasteiger partial charge on any atom is 0.271 e. The molecule has 0 heterocycles. The molecular weight excluding hydrogens is 318 g/mol. The monoisotopic (exact) mass is 333 g/mol. The zero-order valence-electron chi connectivity index (χ0n) is 12.7. The Labute approximate surface area is 138 Å². The van der Waals surface area contributed by atoms with Gasteiger partial charge in [0, 0.05) is 18.7 Å². The lowest BCUT2D eigenvalue weighted by atomic mass is 10.2. The lowest BCUT2D eigenvalue weighted by Crippen LogP contribution is -2.42. The van der Waals surface area contributed by atoms with Crippen LogP contribution in [0.1, 0.15) is 22.8 Å². The Morgan fingerprint density at radius 3 is 2.48 bits per heavy atom. The minimum absolute atomic E-state index is 0.0615. The topological polar surface area (TPSA) is 75.5 Å². The van der Waals surface area contributed by atoms with Crippen molar-refractivity contribution in [1.29, 1.82) is 0 Å². The molecule has 0 unspecified atom stereocenters. The fraction of sp³-hybridized carbons (Fsp3) is 0.188. The molecule has 120 valence electrons. The maximum atomic E-state index is 12.4. The summed E-state index contributed by atoms with van der Waals surface area (Å²) < 4.78 is 0. The van der Waals surface area contributed by atoms with Crippen LogP contribution in [0.3, 0.4) is 0 Å². The summed E-state index contributed by atoms with van der Waals surface area (Å²) >= 11 is 5.99. The number of nitro groups is 1. The van der Waals surface area contributed by atoms with Gasteiger partial charge in [0.25, 0.3) is 11.6 Å². The lowest BCUT2D eigenvalue weighted by molar-refractivity contribution is -0.384. The number of nitrogens with one attached hydrogen (secondary N) is 1. The minimum Gasteiger partial charge on any atom is -0.286 e.